The molecule has 0 fully saturated rings. The zero-order chi connectivity index (χ0) is 17.3. The van der Waals surface area contributed by atoms with Crippen LogP contribution in [0.3, 0.4) is 0 Å². The van der Waals surface area contributed by atoms with E-state index in [1.165, 1.54) is 5.56 Å². The Morgan fingerprint density at radius 3 is 2.29 bits per heavy atom. The molecule has 3 nitrogen and oxygen atoms in total. The van der Waals surface area contributed by atoms with Crippen molar-refractivity contribution in [1.82, 2.24) is 9.47 Å². The van der Waals surface area contributed by atoms with Crippen LogP contribution in [0.4, 0.5) is 0 Å². The van der Waals surface area contributed by atoms with Gasteiger partial charge in [-0.1, -0.05) is 42.5 Å². The van der Waals surface area contributed by atoms with Gasteiger partial charge in [0.15, 0.2) is 0 Å². The zero-order valence-electron chi connectivity index (χ0n) is 14.8. The highest BCUT2D eigenvalue weighted by atomic mass is 16.2. The second-order valence-corrected chi connectivity index (χ2v) is 6.09. The molecule has 0 radical (unpaired) electrons. The van der Waals surface area contributed by atoms with E-state index in [0.717, 1.165) is 27.7 Å². The third-order valence-electron chi connectivity index (χ3n) is 4.77. The number of para-hydroxylation sites is 1. The molecule has 0 bridgehead atoms. The van der Waals surface area contributed by atoms with Crippen molar-refractivity contribution in [2.24, 2.45) is 7.05 Å². The Kier molecular flexibility index (Phi) is 4.43. The Labute approximate surface area is 143 Å². The minimum atomic E-state index is 0.107. The number of hydrogen-bond donors (Lipinski definition) is 0. The van der Waals surface area contributed by atoms with E-state index in [0.29, 0.717) is 13.1 Å². The second-order valence-electron chi connectivity index (χ2n) is 6.09. The van der Waals surface area contributed by atoms with Gasteiger partial charge in [0, 0.05) is 36.6 Å². The summed E-state index contributed by atoms with van der Waals surface area (Å²) in [5.74, 6) is 0.107. The Bertz CT molecular complexity index is 888. The van der Waals surface area contributed by atoms with E-state index in [1.54, 1.807) is 0 Å². The van der Waals surface area contributed by atoms with Crippen molar-refractivity contribution in [3.63, 3.8) is 0 Å². The molecule has 1 amide bonds. The summed E-state index contributed by atoms with van der Waals surface area (Å²) in [7, 11) is 2.04. The van der Waals surface area contributed by atoms with Gasteiger partial charge in [-0.05, 0) is 32.4 Å². The average molecular weight is 320 g/mol. The number of fused-ring (bicyclic) bond motifs is 1. The van der Waals surface area contributed by atoms with Crippen molar-refractivity contribution in [3.05, 3.63) is 59.7 Å². The van der Waals surface area contributed by atoms with Crippen LogP contribution in [-0.2, 0) is 7.05 Å². The van der Waals surface area contributed by atoms with Crippen molar-refractivity contribution in [3.8, 4) is 11.3 Å². The molecule has 0 aliphatic carbocycles. The van der Waals surface area contributed by atoms with E-state index in [-0.39, 0.29) is 5.91 Å². The average Bonchev–Trinajstić information content (AvgIpc) is 2.89. The number of amides is 1. The molecule has 124 valence electrons. The minimum Gasteiger partial charge on any atom is -0.343 e. The van der Waals surface area contributed by atoms with Crippen LogP contribution in [0, 0.1) is 6.92 Å². The summed E-state index contributed by atoms with van der Waals surface area (Å²) in [4.78, 5) is 15.1. The van der Waals surface area contributed by atoms with Crippen LogP contribution in [0.25, 0.3) is 22.2 Å². The Hall–Kier alpha value is -2.55. The summed E-state index contributed by atoms with van der Waals surface area (Å²) < 4.78 is 2.15. The fourth-order valence-electron chi connectivity index (χ4n) is 3.43. The Balaban J connectivity index is 2.36. The maximum Gasteiger partial charge on any atom is 0.256 e. The molecule has 0 aliphatic rings. The van der Waals surface area contributed by atoms with Crippen LogP contribution in [0.15, 0.2) is 48.5 Å². The second kappa shape index (κ2) is 6.52. The highest BCUT2D eigenvalue weighted by Crippen LogP contribution is 2.35. The molecule has 2 aromatic carbocycles. The van der Waals surface area contributed by atoms with E-state index in [9.17, 15) is 4.79 Å². The summed E-state index contributed by atoms with van der Waals surface area (Å²) in [6.07, 6.45) is 0. The van der Waals surface area contributed by atoms with Crippen LogP contribution in [0.5, 0.6) is 0 Å². The molecule has 0 atom stereocenters. The van der Waals surface area contributed by atoms with Gasteiger partial charge in [-0.25, -0.2) is 0 Å². The number of rotatable bonds is 4. The first kappa shape index (κ1) is 16.3. The van der Waals surface area contributed by atoms with Crippen LogP contribution in [0.1, 0.15) is 29.8 Å². The van der Waals surface area contributed by atoms with Crippen molar-refractivity contribution >= 4 is 16.8 Å². The summed E-state index contributed by atoms with van der Waals surface area (Å²) >= 11 is 0. The van der Waals surface area contributed by atoms with Crippen molar-refractivity contribution in [1.29, 1.82) is 0 Å². The lowest BCUT2D eigenvalue weighted by atomic mass is 10.00. The minimum absolute atomic E-state index is 0.107. The van der Waals surface area contributed by atoms with Gasteiger partial charge < -0.3 is 9.47 Å². The number of aryl methyl sites for hydroxylation is 2. The predicted molar refractivity (Wildman–Crippen MR) is 100 cm³/mol. The van der Waals surface area contributed by atoms with Crippen LogP contribution < -0.4 is 0 Å². The first-order valence-corrected chi connectivity index (χ1v) is 8.52. The maximum absolute atomic E-state index is 13.3. The number of nitrogens with zero attached hydrogens (tertiary/aromatic N) is 2. The SMILES string of the molecule is CCN(CC)C(=O)c1c(-c2ccccc2C)n(C)c2ccccc12. The third kappa shape index (κ3) is 2.50. The monoisotopic (exact) mass is 320 g/mol. The molecule has 3 rings (SSSR count). The lowest BCUT2D eigenvalue weighted by Crippen LogP contribution is -2.30. The topological polar surface area (TPSA) is 25.2 Å². The lowest BCUT2D eigenvalue weighted by molar-refractivity contribution is 0.0775. The Morgan fingerprint density at radius 1 is 1.00 bits per heavy atom. The standard InChI is InChI=1S/C21H24N2O/c1-5-23(6-2)21(24)19-17-13-9-10-14-18(17)22(4)20(19)16-12-8-7-11-15(16)3/h7-14H,5-6H2,1-4H3. The first-order chi connectivity index (χ1) is 11.6. The summed E-state index contributed by atoms with van der Waals surface area (Å²) in [6.45, 7) is 7.58. The highest BCUT2D eigenvalue weighted by molar-refractivity contribution is 6.13. The summed E-state index contributed by atoms with van der Waals surface area (Å²) in [5, 5.41) is 1.02. The smallest absolute Gasteiger partial charge is 0.256 e. The molecule has 1 aromatic heterocycles. The van der Waals surface area contributed by atoms with Crippen molar-refractivity contribution in [2.45, 2.75) is 20.8 Å². The van der Waals surface area contributed by atoms with Gasteiger partial charge in [0.2, 0.25) is 0 Å². The number of benzene rings is 2. The molecule has 1 heterocycles. The van der Waals surface area contributed by atoms with Gasteiger partial charge in [0.05, 0.1) is 11.3 Å². The number of carbonyl (C=O) groups is 1. The highest BCUT2D eigenvalue weighted by Gasteiger charge is 2.25. The number of hydrogen-bond acceptors (Lipinski definition) is 1. The zero-order valence-corrected chi connectivity index (χ0v) is 14.8. The molecule has 0 saturated heterocycles. The molecule has 0 N–H and O–H groups in total. The van der Waals surface area contributed by atoms with Crippen LogP contribution in [0.2, 0.25) is 0 Å². The van der Waals surface area contributed by atoms with E-state index in [4.69, 9.17) is 0 Å². The number of carbonyl (C=O) groups excluding carboxylic acids is 1. The van der Waals surface area contributed by atoms with Gasteiger partial charge in [0.25, 0.3) is 5.91 Å². The summed E-state index contributed by atoms with van der Waals surface area (Å²) in [5.41, 5.74) is 5.20. The van der Waals surface area contributed by atoms with Crippen molar-refractivity contribution < 1.29 is 4.79 Å². The molecular formula is C21H24N2O. The molecule has 0 saturated carbocycles. The normalized spacial score (nSPS) is 11.0. The van der Waals surface area contributed by atoms with Gasteiger partial charge in [0.1, 0.15) is 0 Å². The maximum atomic E-state index is 13.3. The van der Waals surface area contributed by atoms with Gasteiger partial charge in [-0.15, -0.1) is 0 Å². The fraction of sp³-hybridized carbons (Fsp3) is 0.286. The molecule has 0 spiro atoms. The van der Waals surface area contributed by atoms with E-state index >= 15 is 0 Å². The predicted octanol–water partition coefficient (Wildman–Crippen LogP) is 4.64. The molecule has 3 heteroatoms. The summed E-state index contributed by atoms with van der Waals surface area (Å²) in [6, 6.07) is 16.4. The van der Waals surface area contributed by atoms with Gasteiger partial charge in [-0.2, -0.15) is 0 Å². The molecule has 0 aliphatic heterocycles. The number of aromatic nitrogens is 1. The Morgan fingerprint density at radius 2 is 1.62 bits per heavy atom. The van der Waals surface area contributed by atoms with Crippen LogP contribution >= 0.6 is 0 Å². The first-order valence-electron chi connectivity index (χ1n) is 8.52. The lowest BCUT2D eigenvalue weighted by Gasteiger charge is -2.20. The quantitative estimate of drug-likeness (QED) is 0.687. The third-order valence-corrected chi connectivity index (χ3v) is 4.77. The van der Waals surface area contributed by atoms with Gasteiger partial charge in [-0.3, -0.25) is 4.79 Å². The van der Waals surface area contributed by atoms with Gasteiger partial charge >= 0.3 is 0 Å². The van der Waals surface area contributed by atoms with Crippen molar-refractivity contribution in [2.75, 3.05) is 13.1 Å². The molecule has 24 heavy (non-hydrogen) atoms. The van der Waals surface area contributed by atoms with E-state index < -0.39 is 0 Å². The fourth-order valence-corrected chi connectivity index (χ4v) is 3.43. The molecule has 0 unspecified atom stereocenters. The largest absolute Gasteiger partial charge is 0.343 e. The molecular weight excluding hydrogens is 296 g/mol. The van der Waals surface area contributed by atoms with E-state index in [1.807, 2.05) is 56.1 Å². The van der Waals surface area contributed by atoms with E-state index in [2.05, 4.69) is 29.7 Å². The molecule has 3 aromatic rings. The van der Waals surface area contributed by atoms with Crippen LogP contribution in [-0.4, -0.2) is 28.5 Å².